The van der Waals surface area contributed by atoms with Crippen LogP contribution in [0.15, 0.2) is 24.3 Å². The summed E-state index contributed by atoms with van der Waals surface area (Å²) in [5.74, 6) is 0. The number of hydrogen-bond acceptors (Lipinski definition) is 1. The van der Waals surface area contributed by atoms with Crippen molar-refractivity contribution in [1.82, 2.24) is 0 Å². The molecule has 0 saturated carbocycles. The van der Waals surface area contributed by atoms with E-state index < -0.39 is 0 Å². The average molecular weight is 199 g/mol. The number of halogens is 1. The van der Waals surface area contributed by atoms with Gasteiger partial charge >= 0.3 is 0 Å². The summed E-state index contributed by atoms with van der Waals surface area (Å²) in [5.41, 5.74) is 2.46. The minimum Gasteiger partial charge on any atom is -0.384 e. The van der Waals surface area contributed by atoms with Crippen molar-refractivity contribution in [1.29, 1.82) is 0 Å². The molecule has 1 unspecified atom stereocenters. The molecule has 1 nitrogen and oxygen atoms in total. The molecule has 0 spiro atoms. The first-order chi connectivity index (χ1) is 6.24. The van der Waals surface area contributed by atoms with Crippen molar-refractivity contribution in [3.05, 3.63) is 35.4 Å². The average Bonchev–Trinajstić information content (AvgIpc) is 2.15. The maximum Gasteiger partial charge on any atom is 0.0557 e. The van der Waals surface area contributed by atoms with Gasteiger partial charge in [-0.1, -0.05) is 24.3 Å². The number of hydrogen-bond donors (Lipinski definition) is 0. The fourth-order valence-electron chi connectivity index (χ4n) is 1.17. The molecule has 1 rings (SSSR count). The Labute approximate surface area is 84.7 Å². The van der Waals surface area contributed by atoms with Crippen LogP contribution in [0.5, 0.6) is 0 Å². The molecule has 1 aromatic rings. The predicted molar refractivity (Wildman–Crippen MR) is 56.3 cm³/mol. The van der Waals surface area contributed by atoms with Crippen LogP contribution in [0.3, 0.4) is 0 Å². The first-order valence-corrected chi connectivity index (χ1v) is 4.89. The van der Waals surface area contributed by atoms with Crippen molar-refractivity contribution >= 4 is 11.6 Å². The van der Waals surface area contributed by atoms with Crippen molar-refractivity contribution in [2.45, 2.75) is 18.7 Å². The van der Waals surface area contributed by atoms with E-state index in [1.807, 2.05) is 6.92 Å². The monoisotopic (exact) mass is 198 g/mol. The highest BCUT2D eigenvalue weighted by molar-refractivity contribution is 6.20. The van der Waals surface area contributed by atoms with Gasteiger partial charge in [-0.15, -0.1) is 11.6 Å². The van der Waals surface area contributed by atoms with Gasteiger partial charge in [-0.25, -0.2) is 0 Å². The zero-order chi connectivity index (χ0) is 9.68. The molecule has 0 fully saturated rings. The Hall–Kier alpha value is -0.530. The van der Waals surface area contributed by atoms with Crippen LogP contribution in [0.25, 0.3) is 0 Å². The summed E-state index contributed by atoms with van der Waals surface area (Å²) in [6.07, 6.45) is 0.966. The lowest BCUT2D eigenvalue weighted by Gasteiger charge is -2.04. The normalized spacial score (nSPS) is 12.8. The first-order valence-electron chi connectivity index (χ1n) is 4.46. The maximum atomic E-state index is 5.94. The Kier molecular flexibility index (Phi) is 4.26. The summed E-state index contributed by atoms with van der Waals surface area (Å²) < 4.78 is 5.00. The molecule has 0 heterocycles. The summed E-state index contributed by atoms with van der Waals surface area (Å²) in [6, 6.07) is 8.35. The lowest BCUT2D eigenvalue weighted by Crippen LogP contribution is -1.94. The standard InChI is InChI=1S/C11H15ClO/c1-9(12)11-5-3-10(4-6-11)7-8-13-2/h3-6,9H,7-8H2,1-2H3. The predicted octanol–water partition coefficient (Wildman–Crippen LogP) is 3.18. The van der Waals surface area contributed by atoms with Gasteiger partial charge in [0.1, 0.15) is 0 Å². The van der Waals surface area contributed by atoms with E-state index in [0.29, 0.717) is 0 Å². The third-order valence-corrected chi connectivity index (χ3v) is 2.29. The van der Waals surface area contributed by atoms with E-state index >= 15 is 0 Å². The zero-order valence-electron chi connectivity index (χ0n) is 8.09. The summed E-state index contributed by atoms with van der Waals surface area (Å²) in [7, 11) is 1.72. The molecule has 0 saturated heterocycles. The molecule has 1 atom stereocenters. The van der Waals surface area contributed by atoms with Gasteiger partial charge in [0.25, 0.3) is 0 Å². The summed E-state index contributed by atoms with van der Waals surface area (Å²) >= 11 is 5.94. The van der Waals surface area contributed by atoms with Gasteiger partial charge in [0.15, 0.2) is 0 Å². The van der Waals surface area contributed by atoms with Gasteiger partial charge < -0.3 is 4.74 Å². The molecule has 2 heteroatoms. The van der Waals surface area contributed by atoms with Crippen LogP contribution in [0, 0.1) is 0 Å². The van der Waals surface area contributed by atoms with E-state index in [9.17, 15) is 0 Å². The largest absolute Gasteiger partial charge is 0.384 e. The molecular weight excluding hydrogens is 184 g/mol. The van der Waals surface area contributed by atoms with Crippen molar-refractivity contribution in [3.8, 4) is 0 Å². The summed E-state index contributed by atoms with van der Waals surface area (Å²) in [4.78, 5) is 0. The van der Waals surface area contributed by atoms with E-state index in [0.717, 1.165) is 13.0 Å². The second-order valence-electron chi connectivity index (χ2n) is 3.10. The van der Waals surface area contributed by atoms with E-state index in [2.05, 4.69) is 24.3 Å². The van der Waals surface area contributed by atoms with Crippen molar-refractivity contribution < 1.29 is 4.74 Å². The highest BCUT2D eigenvalue weighted by Crippen LogP contribution is 2.19. The van der Waals surface area contributed by atoms with Crippen molar-refractivity contribution in [2.24, 2.45) is 0 Å². The number of alkyl halides is 1. The van der Waals surface area contributed by atoms with Crippen LogP contribution in [-0.2, 0) is 11.2 Å². The molecule has 72 valence electrons. The minimum absolute atomic E-state index is 0.0940. The van der Waals surface area contributed by atoms with E-state index in [4.69, 9.17) is 16.3 Å². The van der Waals surface area contributed by atoms with Crippen LogP contribution < -0.4 is 0 Å². The summed E-state index contributed by atoms with van der Waals surface area (Å²) in [6.45, 7) is 2.75. The van der Waals surface area contributed by atoms with Crippen LogP contribution in [0.2, 0.25) is 0 Å². The van der Waals surface area contributed by atoms with Crippen LogP contribution in [0.4, 0.5) is 0 Å². The molecule has 13 heavy (non-hydrogen) atoms. The fraction of sp³-hybridized carbons (Fsp3) is 0.455. The van der Waals surface area contributed by atoms with Gasteiger partial charge in [0.2, 0.25) is 0 Å². The van der Waals surface area contributed by atoms with Crippen LogP contribution in [0.1, 0.15) is 23.4 Å². The van der Waals surface area contributed by atoms with Crippen molar-refractivity contribution in [3.63, 3.8) is 0 Å². The van der Waals surface area contributed by atoms with Gasteiger partial charge in [0.05, 0.1) is 12.0 Å². The molecule has 0 aliphatic rings. The number of rotatable bonds is 4. The van der Waals surface area contributed by atoms with Crippen molar-refractivity contribution in [2.75, 3.05) is 13.7 Å². The Morgan fingerprint density at radius 3 is 2.38 bits per heavy atom. The third kappa shape index (κ3) is 3.37. The zero-order valence-corrected chi connectivity index (χ0v) is 8.84. The van der Waals surface area contributed by atoms with E-state index in [-0.39, 0.29) is 5.38 Å². The van der Waals surface area contributed by atoms with Gasteiger partial charge in [-0.2, -0.15) is 0 Å². The first kappa shape index (κ1) is 10.6. The molecule has 0 N–H and O–H groups in total. The quantitative estimate of drug-likeness (QED) is 0.676. The lowest BCUT2D eigenvalue weighted by molar-refractivity contribution is 0.202. The Morgan fingerprint density at radius 1 is 1.31 bits per heavy atom. The number of ether oxygens (including phenoxy) is 1. The number of benzene rings is 1. The highest BCUT2D eigenvalue weighted by atomic mass is 35.5. The van der Waals surface area contributed by atoms with Gasteiger partial charge in [-0.05, 0) is 24.5 Å². The Bertz CT molecular complexity index is 241. The third-order valence-electron chi connectivity index (χ3n) is 2.03. The highest BCUT2D eigenvalue weighted by Gasteiger charge is 1.99. The Balaban J connectivity index is 2.59. The van der Waals surface area contributed by atoms with Crippen LogP contribution in [-0.4, -0.2) is 13.7 Å². The van der Waals surface area contributed by atoms with Gasteiger partial charge in [0, 0.05) is 7.11 Å². The lowest BCUT2D eigenvalue weighted by atomic mass is 10.1. The molecule has 0 bridgehead atoms. The van der Waals surface area contributed by atoms with E-state index in [1.165, 1.54) is 11.1 Å². The second kappa shape index (κ2) is 5.25. The van der Waals surface area contributed by atoms with E-state index in [1.54, 1.807) is 7.11 Å². The second-order valence-corrected chi connectivity index (χ2v) is 3.76. The van der Waals surface area contributed by atoms with Gasteiger partial charge in [-0.3, -0.25) is 0 Å². The molecule has 0 aromatic heterocycles. The Morgan fingerprint density at radius 2 is 1.92 bits per heavy atom. The smallest absolute Gasteiger partial charge is 0.0557 e. The molecule has 0 aliphatic carbocycles. The number of methoxy groups -OCH3 is 1. The van der Waals surface area contributed by atoms with Crippen LogP contribution >= 0.6 is 11.6 Å². The SMILES string of the molecule is COCCc1ccc(C(C)Cl)cc1. The molecule has 1 aromatic carbocycles. The molecule has 0 aliphatic heterocycles. The minimum atomic E-state index is 0.0940. The molecular formula is C11H15ClO. The summed E-state index contributed by atoms with van der Waals surface area (Å²) in [5, 5.41) is 0.0940. The fourth-order valence-corrected chi connectivity index (χ4v) is 1.31. The molecule has 0 amide bonds. The topological polar surface area (TPSA) is 9.23 Å². The molecule has 0 radical (unpaired) electrons. The maximum absolute atomic E-state index is 5.94.